The smallest absolute Gasteiger partial charge is 0.107 e. The van der Waals surface area contributed by atoms with Crippen LogP contribution < -0.4 is 5.32 Å². The summed E-state index contributed by atoms with van der Waals surface area (Å²) in [6.07, 6.45) is 1.83. The van der Waals surface area contributed by atoms with Crippen LogP contribution >= 0.6 is 11.3 Å². The molecule has 0 saturated carbocycles. The van der Waals surface area contributed by atoms with Crippen molar-refractivity contribution < 1.29 is 0 Å². The molecule has 2 heterocycles. The third kappa shape index (κ3) is 4.70. The Hall–Kier alpha value is -1.30. The maximum Gasteiger partial charge on any atom is 0.107 e. The summed E-state index contributed by atoms with van der Waals surface area (Å²) in [6.45, 7) is 5.66. The van der Waals surface area contributed by atoms with Gasteiger partial charge in [0.1, 0.15) is 5.01 Å². The van der Waals surface area contributed by atoms with E-state index in [4.69, 9.17) is 0 Å². The summed E-state index contributed by atoms with van der Waals surface area (Å²) in [6, 6.07) is 6.01. The lowest BCUT2D eigenvalue weighted by Gasteiger charge is -2.14. The maximum atomic E-state index is 4.62. The van der Waals surface area contributed by atoms with Crippen molar-refractivity contribution in [2.24, 2.45) is 0 Å². The number of hydrogen-bond donors (Lipinski definition) is 1. The molecule has 0 radical (unpaired) electrons. The Morgan fingerprint density at radius 1 is 1.26 bits per heavy atom. The first-order valence-corrected chi connectivity index (χ1v) is 7.38. The zero-order valence-corrected chi connectivity index (χ0v) is 12.3. The number of aromatic nitrogens is 2. The Kier molecular flexibility index (Phi) is 5.44. The van der Waals surface area contributed by atoms with Crippen molar-refractivity contribution in [2.75, 3.05) is 13.6 Å². The third-order valence-electron chi connectivity index (χ3n) is 2.72. The first-order chi connectivity index (χ1) is 9.28. The Balaban J connectivity index is 1.85. The van der Waals surface area contributed by atoms with Crippen molar-refractivity contribution in [3.63, 3.8) is 0 Å². The van der Waals surface area contributed by atoms with Crippen LogP contribution in [0.2, 0.25) is 0 Å². The lowest BCUT2D eigenvalue weighted by molar-refractivity contribution is 0.311. The van der Waals surface area contributed by atoms with Crippen LogP contribution in [0.15, 0.2) is 29.8 Å². The highest BCUT2D eigenvalue weighted by atomic mass is 32.1. The molecule has 2 rings (SSSR count). The van der Waals surface area contributed by atoms with Gasteiger partial charge in [0.2, 0.25) is 0 Å². The van der Waals surface area contributed by atoms with E-state index in [0.29, 0.717) is 0 Å². The van der Waals surface area contributed by atoms with Crippen LogP contribution in [0.1, 0.15) is 23.3 Å². The van der Waals surface area contributed by atoms with Gasteiger partial charge in [-0.05, 0) is 25.7 Å². The fourth-order valence-corrected chi connectivity index (χ4v) is 2.59. The van der Waals surface area contributed by atoms with Crippen molar-refractivity contribution >= 4 is 11.3 Å². The van der Waals surface area contributed by atoms with E-state index in [9.17, 15) is 0 Å². The van der Waals surface area contributed by atoms with E-state index in [0.717, 1.165) is 42.6 Å². The minimum absolute atomic E-state index is 0.848. The molecule has 0 atom stereocenters. The van der Waals surface area contributed by atoms with Crippen LogP contribution in [0, 0.1) is 0 Å². The van der Waals surface area contributed by atoms with Crippen molar-refractivity contribution in [2.45, 2.75) is 26.6 Å². The van der Waals surface area contributed by atoms with E-state index in [1.807, 2.05) is 24.4 Å². The number of nitrogens with zero attached hydrogens (tertiary/aromatic N) is 3. The van der Waals surface area contributed by atoms with Crippen LogP contribution in [0.3, 0.4) is 0 Å². The highest BCUT2D eigenvalue weighted by molar-refractivity contribution is 7.09. The normalized spacial score (nSPS) is 11.1. The summed E-state index contributed by atoms with van der Waals surface area (Å²) in [5, 5.41) is 6.59. The minimum Gasteiger partial charge on any atom is -0.311 e. The van der Waals surface area contributed by atoms with Gasteiger partial charge in [0, 0.05) is 31.2 Å². The van der Waals surface area contributed by atoms with Gasteiger partial charge in [0.15, 0.2) is 0 Å². The molecule has 0 saturated heterocycles. The van der Waals surface area contributed by atoms with Crippen LogP contribution in [0.5, 0.6) is 0 Å². The summed E-state index contributed by atoms with van der Waals surface area (Å²) >= 11 is 1.72. The molecule has 5 heteroatoms. The second-order valence-electron chi connectivity index (χ2n) is 4.51. The van der Waals surface area contributed by atoms with E-state index in [-0.39, 0.29) is 0 Å². The van der Waals surface area contributed by atoms with Gasteiger partial charge in [-0.25, -0.2) is 4.98 Å². The second-order valence-corrected chi connectivity index (χ2v) is 5.45. The highest BCUT2D eigenvalue weighted by Gasteiger charge is 2.06. The summed E-state index contributed by atoms with van der Waals surface area (Å²) in [4.78, 5) is 11.2. The van der Waals surface area contributed by atoms with E-state index < -0.39 is 0 Å². The number of thiazole rings is 1. The van der Waals surface area contributed by atoms with E-state index >= 15 is 0 Å². The zero-order chi connectivity index (χ0) is 13.5. The maximum absolute atomic E-state index is 4.62. The molecular formula is C14H20N4S. The standard InChI is InChI=1S/C14H20N4S/c1-3-15-8-14-17-13(11-19-14)10-18(2)9-12-6-4-5-7-16-12/h4-7,11,15H,3,8-10H2,1-2H3. The van der Waals surface area contributed by atoms with Gasteiger partial charge < -0.3 is 5.32 Å². The van der Waals surface area contributed by atoms with Crippen LogP contribution in [-0.2, 0) is 19.6 Å². The molecule has 0 aliphatic rings. The van der Waals surface area contributed by atoms with Crippen LogP contribution in [0.4, 0.5) is 0 Å². The third-order valence-corrected chi connectivity index (χ3v) is 3.61. The fraction of sp³-hybridized carbons (Fsp3) is 0.429. The monoisotopic (exact) mass is 276 g/mol. The molecule has 2 aromatic rings. The van der Waals surface area contributed by atoms with Gasteiger partial charge in [0.25, 0.3) is 0 Å². The predicted molar refractivity (Wildman–Crippen MR) is 78.9 cm³/mol. The SMILES string of the molecule is CCNCc1nc(CN(C)Cc2ccccn2)cs1. The summed E-state index contributed by atoms with van der Waals surface area (Å²) in [7, 11) is 2.10. The van der Waals surface area contributed by atoms with Crippen LogP contribution in [0.25, 0.3) is 0 Å². The lowest BCUT2D eigenvalue weighted by atomic mass is 10.3. The Bertz CT molecular complexity index is 483. The van der Waals surface area contributed by atoms with Crippen LogP contribution in [-0.4, -0.2) is 28.5 Å². The molecule has 0 aliphatic heterocycles. The van der Waals surface area contributed by atoms with E-state index in [2.05, 4.69) is 39.5 Å². The van der Waals surface area contributed by atoms with Crippen molar-refractivity contribution in [3.8, 4) is 0 Å². The Labute approximate surface area is 118 Å². The van der Waals surface area contributed by atoms with Gasteiger partial charge in [0.05, 0.1) is 11.4 Å². The van der Waals surface area contributed by atoms with Gasteiger partial charge in [-0.3, -0.25) is 9.88 Å². The van der Waals surface area contributed by atoms with Gasteiger partial charge in [-0.15, -0.1) is 11.3 Å². The van der Waals surface area contributed by atoms with Gasteiger partial charge in [-0.1, -0.05) is 13.0 Å². The summed E-state index contributed by atoms with van der Waals surface area (Å²) < 4.78 is 0. The van der Waals surface area contributed by atoms with Gasteiger partial charge in [-0.2, -0.15) is 0 Å². The fourth-order valence-electron chi connectivity index (χ4n) is 1.84. The molecule has 0 bridgehead atoms. The summed E-state index contributed by atoms with van der Waals surface area (Å²) in [5.74, 6) is 0. The molecule has 0 aromatic carbocycles. The van der Waals surface area contributed by atoms with Crippen molar-refractivity contribution in [1.29, 1.82) is 0 Å². The largest absolute Gasteiger partial charge is 0.311 e. The van der Waals surface area contributed by atoms with Crippen molar-refractivity contribution in [1.82, 2.24) is 20.2 Å². The highest BCUT2D eigenvalue weighted by Crippen LogP contribution is 2.12. The zero-order valence-electron chi connectivity index (χ0n) is 11.5. The van der Waals surface area contributed by atoms with E-state index in [1.165, 1.54) is 0 Å². The number of nitrogens with one attached hydrogen (secondary N) is 1. The Morgan fingerprint density at radius 3 is 2.84 bits per heavy atom. The number of pyridine rings is 1. The molecule has 4 nitrogen and oxygen atoms in total. The minimum atomic E-state index is 0.848. The molecule has 0 fully saturated rings. The molecule has 0 aliphatic carbocycles. The molecule has 0 amide bonds. The molecule has 19 heavy (non-hydrogen) atoms. The predicted octanol–water partition coefficient (Wildman–Crippen LogP) is 2.28. The molecule has 0 spiro atoms. The number of rotatable bonds is 7. The molecule has 1 N–H and O–H groups in total. The quantitative estimate of drug-likeness (QED) is 0.842. The number of hydrogen-bond acceptors (Lipinski definition) is 5. The molecule has 2 aromatic heterocycles. The summed E-state index contributed by atoms with van der Waals surface area (Å²) in [5.41, 5.74) is 2.23. The molecular weight excluding hydrogens is 256 g/mol. The van der Waals surface area contributed by atoms with Gasteiger partial charge >= 0.3 is 0 Å². The van der Waals surface area contributed by atoms with E-state index in [1.54, 1.807) is 11.3 Å². The first-order valence-electron chi connectivity index (χ1n) is 6.50. The average Bonchev–Trinajstić information content (AvgIpc) is 2.85. The lowest BCUT2D eigenvalue weighted by Crippen LogP contribution is -2.18. The molecule has 0 unspecified atom stereocenters. The molecule has 102 valence electrons. The van der Waals surface area contributed by atoms with Crippen molar-refractivity contribution in [3.05, 3.63) is 46.2 Å². The second kappa shape index (κ2) is 7.33. The first kappa shape index (κ1) is 14.1. The Morgan fingerprint density at radius 2 is 2.11 bits per heavy atom. The topological polar surface area (TPSA) is 41.1 Å². The average molecular weight is 276 g/mol.